The summed E-state index contributed by atoms with van der Waals surface area (Å²) in [7, 11) is 0. The van der Waals surface area contributed by atoms with Gasteiger partial charge < -0.3 is 0 Å². The third-order valence-corrected chi connectivity index (χ3v) is 3.41. The van der Waals surface area contributed by atoms with E-state index in [1.54, 1.807) is 0 Å². The Labute approximate surface area is 90.0 Å². The summed E-state index contributed by atoms with van der Waals surface area (Å²) < 4.78 is 0. The maximum absolute atomic E-state index is 10.9. The Morgan fingerprint density at radius 3 is 2.31 bits per heavy atom. The average Bonchev–Trinajstić information content (AvgIpc) is 2.42. The van der Waals surface area contributed by atoms with E-state index in [0.717, 1.165) is 0 Å². The van der Waals surface area contributed by atoms with Crippen molar-refractivity contribution in [1.29, 1.82) is 0 Å². The van der Waals surface area contributed by atoms with Crippen molar-refractivity contribution in [3.8, 4) is 0 Å². The second-order valence-electron chi connectivity index (χ2n) is 3.95. The Hall–Kier alpha value is 0.210. The lowest BCUT2D eigenvalue weighted by molar-refractivity contribution is -0.113. The van der Waals surface area contributed by atoms with Crippen LogP contribution in [-0.2, 0) is 4.79 Å². The molecule has 76 valence electrons. The SMILES string of the molecule is Cl.O=C(Cl)CC12CCCN1CCC2. The van der Waals surface area contributed by atoms with Crippen LogP contribution in [0.3, 0.4) is 0 Å². The molecule has 0 bridgehead atoms. The van der Waals surface area contributed by atoms with Gasteiger partial charge in [-0.1, -0.05) is 0 Å². The second-order valence-corrected chi connectivity index (χ2v) is 4.37. The number of halogens is 2. The number of nitrogens with zero attached hydrogens (tertiary/aromatic N) is 1. The average molecular weight is 224 g/mol. The predicted octanol–water partition coefficient (Wildman–Crippen LogP) is 2.19. The molecule has 0 spiro atoms. The standard InChI is InChI=1S/C9H14ClNO.ClH/c10-8(12)7-9-3-1-5-11(9)6-2-4-9;/h1-7H2;1H. The summed E-state index contributed by atoms with van der Waals surface area (Å²) >= 11 is 5.45. The molecule has 0 unspecified atom stereocenters. The smallest absolute Gasteiger partial charge is 0.223 e. The van der Waals surface area contributed by atoms with Gasteiger partial charge >= 0.3 is 0 Å². The molecule has 13 heavy (non-hydrogen) atoms. The highest BCUT2D eigenvalue weighted by molar-refractivity contribution is 6.63. The Balaban J connectivity index is 0.000000845. The molecule has 0 aromatic heterocycles. The normalized spacial score (nSPS) is 25.3. The van der Waals surface area contributed by atoms with Gasteiger partial charge in [-0.3, -0.25) is 9.69 Å². The Morgan fingerprint density at radius 2 is 1.85 bits per heavy atom. The van der Waals surface area contributed by atoms with Crippen LogP contribution < -0.4 is 0 Å². The molecule has 2 heterocycles. The molecule has 2 fully saturated rings. The van der Waals surface area contributed by atoms with E-state index in [9.17, 15) is 4.79 Å². The van der Waals surface area contributed by atoms with E-state index in [2.05, 4.69) is 4.90 Å². The van der Waals surface area contributed by atoms with Gasteiger partial charge in [-0.15, -0.1) is 12.4 Å². The minimum Gasteiger partial charge on any atom is -0.297 e. The second kappa shape index (κ2) is 4.16. The van der Waals surface area contributed by atoms with E-state index in [1.165, 1.54) is 38.8 Å². The van der Waals surface area contributed by atoms with E-state index in [4.69, 9.17) is 11.6 Å². The van der Waals surface area contributed by atoms with Gasteiger partial charge in [0.05, 0.1) is 0 Å². The summed E-state index contributed by atoms with van der Waals surface area (Å²) in [5, 5.41) is -0.163. The van der Waals surface area contributed by atoms with Crippen LogP contribution in [0.2, 0.25) is 0 Å². The van der Waals surface area contributed by atoms with Gasteiger partial charge in [-0.05, 0) is 50.4 Å². The first-order valence-electron chi connectivity index (χ1n) is 4.66. The summed E-state index contributed by atoms with van der Waals surface area (Å²) in [4.78, 5) is 13.3. The molecule has 2 rings (SSSR count). The van der Waals surface area contributed by atoms with E-state index in [-0.39, 0.29) is 23.2 Å². The zero-order chi connectivity index (χ0) is 8.60. The van der Waals surface area contributed by atoms with Crippen LogP contribution in [-0.4, -0.2) is 28.8 Å². The lowest BCUT2D eigenvalue weighted by Crippen LogP contribution is -2.39. The van der Waals surface area contributed by atoms with Gasteiger partial charge in [0, 0.05) is 12.0 Å². The fourth-order valence-electron chi connectivity index (χ4n) is 2.77. The first-order valence-corrected chi connectivity index (χ1v) is 5.04. The molecular weight excluding hydrogens is 209 g/mol. The van der Waals surface area contributed by atoms with Crippen LogP contribution in [0.5, 0.6) is 0 Å². The molecule has 2 nitrogen and oxygen atoms in total. The van der Waals surface area contributed by atoms with Gasteiger partial charge in [0.2, 0.25) is 5.24 Å². The first-order chi connectivity index (χ1) is 5.73. The van der Waals surface area contributed by atoms with Crippen molar-refractivity contribution in [2.45, 2.75) is 37.6 Å². The predicted molar refractivity (Wildman–Crippen MR) is 55.5 cm³/mol. The monoisotopic (exact) mass is 223 g/mol. The highest BCUT2D eigenvalue weighted by Gasteiger charge is 2.44. The van der Waals surface area contributed by atoms with Crippen molar-refractivity contribution in [2.75, 3.05) is 13.1 Å². The molecule has 0 amide bonds. The number of fused-ring (bicyclic) bond motifs is 1. The summed E-state index contributed by atoms with van der Waals surface area (Å²) in [6.07, 6.45) is 5.39. The summed E-state index contributed by atoms with van der Waals surface area (Å²) in [6, 6.07) is 0. The van der Waals surface area contributed by atoms with Crippen molar-refractivity contribution in [3.63, 3.8) is 0 Å². The van der Waals surface area contributed by atoms with Gasteiger partial charge in [0.25, 0.3) is 0 Å². The molecule has 2 saturated heterocycles. The number of rotatable bonds is 2. The number of carbonyl (C=O) groups excluding carboxylic acids is 1. The van der Waals surface area contributed by atoms with Gasteiger partial charge in [0.1, 0.15) is 0 Å². The minimum absolute atomic E-state index is 0. The van der Waals surface area contributed by atoms with Crippen molar-refractivity contribution in [1.82, 2.24) is 4.90 Å². The van der Waals surface area contributed by atoms with Crippen LogP contribution in [0.25, 0.3) is 0 Å². The van der Waals surface area contributed by atoms with E-state index >= 15 is 0 Å². The molecule has 0 aliphatic carbocycles. The van der Waals surface area contributed by atoms with E-state index in [1.807, 2.05) is 0 Å². The molecule has 0 aromatic carbocycles. The molecular formula is C9H15Cl2NO. The fourth-order valence-corrected chi connectivity index (χ4v) is 3.02. The van der Waals surface area contributed by atoms with Crippen LogP contribution in [0.1, 0.15) is 32.1 Å². The topological polar surface area (TPSA) is 20.3 Å². The van der Waals surface area contributed by atoms with Crippen LogP contribution in [0.15, 0.2) is 0 Å². The first kappa shape index (κ1) is 11.3. The van der Waals surface area contributed by atoms with E-state index < -0.39 is 0 Å². The maximum Gasteiger partial charge on any atom is 0.223 e. The lowest BCUT2D eigenvalue weighted by Gasteiger charge is -2.30. The van der Waals surface area contributed by atoms with Gasteiger partial charge in [-0.2, -0.15) is 0 Å². The quantitative estimate of drug-likeness (QED) is 0.670. The number of hydrogen-bond donors (Lipinski definition) is 0. The third kappa shape index (κ3) is 2.00. The lowest BCUT2D eigenvalue weighted by atomic mass is 9.91. The van der Waals surface area contributed by atoms with Crippen molar-refractivity contribution < 1.29 is 4.79 Å². The summed E-state index contributed by atoms with van der Waals surface area (Å²) in [6.45, 7) is 2.34. The molecule has 0 aromatic rings. The van der Waals surface area contributed by atoms with Crippen LogP contribution in [0.4, 0.5) is 0 Å². The van der Waals surface area contributed by atoms with Crippen LogP contribution >= 0.6 is 24.0 Å². The highest BCUT2D eigenvalue weighted by Crippen LogP contribution is 2.41. The molecule has 0 saturated carbocycles. The van der Waals surface area contributed by atoms with E-state index in [0.29, 0.717) is 6.42 Å². The maximum atomic E-state index is 10.9. The zero-order valence-corrected chi connectivity index (χ0v) is 9.16. The number of hydrogen-bond acceptors (Lipinski definition) is 2. The third-order valence-electron chi connectivity index (χ3n) is 3.28. The summed E-state index contributed by atoms with van der Waals surface area (Å²) in [5.41, 5.74) is 0.179. The highest BCUT2D eigenvalue weighted by atomic mass is 35.5. The van der Waals surface area contributed by atoms with Crippen molar-refractivity contribution in [2.24, 2.45) is 0 Å². The number of carbonyl (C=O) groups is 1. The summed E-state index contributed by atoms with van der Waals surface area (Å²) in [5.74, 6) is 0. The minimum atomic E-state index is -0.163. The van der Waals surface area contributed by atoms with Gasteiger partial charge in [-0.25, -0.2) is 0 Å². The Bertz CT molecular complexity index is 198. The molecule has 0 atom stereocenters. The molecule has 4 heteroatoms. The molecule has 0 radical (unpaired) electrons. The van der Waals surface area contributed by atoms with Gasteiger partial charge in [0.15, 0.2) is 0 Å². The van der Waals surface area contributed by atoms with Crippen LogP contribution in [0, 0.1) is 0 Å². The Morgan fingerprint density at radius 1 is 1.31 bits per heavy atom. The van der Waals surface area contributed by atoms with Crippen molar-refractivity contribution in [3.05, 3.63) is 0 Å². The molecule has 0 N–H and O–H groups in total. The van der Waals surface area contributed by atoms with Crippen molar-refractivity contribution >= 4 is 29.3 Å². The molecule has 2 aliphatic heterocycles. The fraction of sp³-hybridized carbons (Fsp3) is 0.889. The Kier molecular flexibility index (Phi) is 3.61. The zero-order valence-electron chi connectivity index (χ0n) is 7.59. The molecule has 2 aliphatic rings. The largest absolute Gasteiger partial charge is 0.297 e.